The van der Waals surface area contributed by atoms with E-state index in [9.17, 15) is 0 Å². The lowest BCUT2D eigenvalue weighted by atomic mass is 9.91. The largest absolute Gasteiger partial charge is 0.351 e. The van der Waals surface area contributed by atoms with Crippen molar-refractivity contribution < 1.29 is 0 Å². The molecule has 1 aliphatic heterocycles. The molecule has 1 atom stereocenters. The third-order valence-corrected chi connectivity index (χ3v) is 3.68. The zero-order valence-electron chi connectivity index (χ0n) is 9.74. The lowest BCUT2D eigenvalue weighted by Crippen LogP contribution is -2.28. The highest BCUT2D eigenvalue weighted by molar-refractivity contribution is 5.80. The van der Waals surface area contributed by atoms with Gasteiger partial charge >= 0.3 is 0 Å². The fourth-order valence-electron chi connectivity index (χ4n) is 2.69. The van der Waals surface area contributed by atoms with E-state index >= 15 is 0 Å². The van der Waals surface area contributed by atoms with Gasteiger partial charge in [0.15, 0.2) is 0 Å². The van der Waals surface area contributed by atoms with Gasteiger partial charge in [0.25, 0.3) is 0 Å². The van der Waals surface area contributed by atoms with Crippen molar-refractivity contribution in [2.45, 2.75) is 18.8 Å². The summed E-state index contributed by atoms with van der Waals surface area (Å²) in [6, 6.07) is 9.10. The van der Waals surface area contributed by atoms with Crippen LogP contribution in [0.2, 0.25) is 0 Å². The predicted molar refractivity (Wildman–Crippen MR) is 67.8 cm³/mol. The van der Waals surface area contributed by atoms with E-state index in [1.807, 2.05) is 0 Å². The van der Waals surface area contributed by atoms with Crippen LogP contribution in [0.25, 0.3) is 10.9 Å². The minimum Gasteiger partial charge on any atom is -0.351 e. The first-order chi connectivity index (χ1) is 7.84. The summed E-state index contributed by atoms with van der Waals surface area (Å²) in [6.07, 6.45) is 4.76. The molecule has 3 rings (SSSR count). The van der Waals surface area contributed by atoms with Crippen LogP contribution < -0.4 is 5.32 Å². The van der Waals surface area contributed by atoms with Crippen LogP contribution in [0, 0.1) is 0 Å². The highest BCUT2D eigenvalue weighted by Crippen LogP contribution is 2.26. The summed E-state index contributed by atoms with van der Waals surface area (Å²) in [5.74, 6) is 0.707. The molecular formula is C14H18N2. The fraction of sp³-hybridized carbons (Fsp3) is 0.429. The number of benzene rings is 1. The standard InChI is InChI=1S/C14H18N2/c1-16-8-6-12-9-11(4-5-14(12)16)13-3-2-7-15-10-13/h4-6,8-9,13,15H,2-3,7,10H2,1H3. The maximum absolute atomic E-state index is 3.48. The Labute approximate surface area is 96.3 Å². The third-order valence-electron chi connectivity index (χ3n) is 3.68. The number of piperidine rings is 1. The lowest BCUT2D eigenvalue weighted by Gasteiger charge is -2.23. The molecule has 2 heterocycles. The molecule has 1 aliphatic rings. The second-order valence-corrected chi connectivity index (χ2v) is 4.79. The van der Waals surface area contributed by atoms with E-state index in [1.54, 1.807) is 0 Å². The van der Waals surface area contributed by atoms with Crippen LogP contribution >= 0.6 is 0 Å². The molecule has 84 valence electrons. The number of aryl methyl sites for hydroxylation is 1. The molecule has 1 N–H and O–H groups in total. The van der Waals surface area contributed by atoms with Gasteiger partial charge in [0.1, 0.15) is 0 Å². The quantitative estimate of drug-likeness (QED) is 0.772. The van der Waals surface area contributed by atoms with Gasteiger partial charge in [-0.2, -0.15) is 0 Å². The number of aromatic nitrogens is 1. The Morgan fingerprint density at radius 2 is 2.25 bits per heavy atom. The van der Waals surface area contributed by atoms with Crippen LogP contribution in [0.4, 0.5) is 0 Å². The van der Waals surface area contributed by atoms with E-state index in [2.05, 4.69) is 47.4 Å². The average Bonchev–Trinajstić information content (AvgIpc) is 2.72. The Morgan fingerprint density at radius 3 is 3.06 bits per heavy atom. The van der Waals surface area contributed by atoms with Crippen molar-refractivity contribution in [3.8, 4) is 0 Å². The van der Waals surface area contributed by atoms with E-state index in [0.717, 1.165) is 6.54 Å². The van der Waals surface area contributed by atoms with E-state index < -0.39 is 0 Å². The molecule has 2 heteroatoms. The van der Waals surface area contributed by atoms with Crippen LogP contribution in [0.15, 0.2) is 30.5 Å². The van der Waals surface area contributed by atoms with Gasteiger partial charge < -0.3 is 9.88 Å². The molecule has 0 spiro atoms. The van der Waals surface area contributed by atoms with E-state index in [1.165, 1.54) is 35.9 Å². The Kier molecular flexibility index (Phi) is 2.44. The summed E-state index contributed by atoms with van der Waals surface area (Å²) >= 11 is 0. The number of nitrogens with one attached hydrogen (secondary N) is 1. The summed E-state index contributed by atoms with van der Waals surface area (Å²) in [6.45, 7) is 2.32. The Hall–Kier alpha value is -1.28. The first kappa shape index (κ1) is 9.91. The van der Waals surface area contributed by atoms with Gasteiger partial charge in [-0.15, -0.1) is 0 Å². The molecule has 1 aromatic heterocycles. The molecular weight excluding hydrogens is 196 g/mol. The molecule has 0 radical (unpaired) electrons. The van der Waals surface area contributed by atoms with E-state index in [-0.39, 0.29) is 0 Å². The number of rotatable bonds is 1. The SMILES string of the molecule is Cn1ccc2cc(C3CCCNC3)ccc21. The molecule has 0 aliphatic carbocycles. The number of fused-ring (bicyclic) bond motifs is 1. The van der Waals surface area contributed by atoms with Gasteiger partial charge in [-0.05, 0) is 54.5 Å². The summed E-state index contributed by atoms with van der Waals surface area (Å²) in [5, 5.41) is 4.85. The number of hydrogen-bond donors (Lipinski definition) is 1. The van der Waals surface area contributed by atoms with E-state index in [0.29, 0.717) is 5.92 Å². The Morgan fingerprint density at radius 1 is 1.31 bits per heavy atom. The molecule has 1 unspecified atom stereocenters. The Balaban J connectivity index is 1.97. The van der Waals surface area contributed by atoms with Crippen molar-refractivity contribution in [2.24, 2.45) is 7.05 Å². The van der Waals surface area contributed by atoms with Crippen molar-refractivity contribution in [1.82, 2.24) is 9.88 Å². The fourth-order valence-corrected chi connectivity index (χ4v) is 2.69. The monoisotopic (exact) mass is 214 g/mol. The second kappa shape index (κ2) is 3.95. The van der Waals surface area contributed by atoms with Gasteiger partial charge in [-0.3, -0.25) is 0 Å². The van der Waals surface area contributed by atoms with Crippen LogP contribution in [0.3, 0.4) is 0 Å². The summed E-state index contributed by atoms with van der Waals surface area (Å²) in [7, 11) is 2.10. The van der Waals surface area contributed by atoms with Crippen molar-refractivity contribution in [1.29, 1.82) is 0 Å². The van der Waals surface area contributed by atoms with Crippen LogP contribution in [0.5, 0.6) is 0 Å². The van der Waals surface area contributed by atoms with Crippen molar-refractivity contribution in [2.75, 3.05) is 13.1 Å². The van der Waals surface area contributed by atoms with Gasteiger partial charge in [-0.1, -0.05) is 6.07 Å². The summed E-state index contributed by atoms with van der Waals surface area (Å²) < 4.78 is 2.18. The molecule has 2 aromatic rings. The van der Waals surface area contributed by atoms with Gasteiger partial charge in [0, 0.05) is 25.3 Å². The van der Waals surface area contributed by atoms with Crippen LogP contribution in [-0.4, -0.2) is 17.7 Å². The second-order valence-electron chi connectivity index (χ2n) is 4.79. The van der Waals surface area contributed by atoms with Gasteiger partial charge in [-0.25, -0.2) is 0 Å². The van der Waals surface area contributed by atoms with Crippen molar-refractivity contribution in [3.63, 3.8) is 0 Å². The van der Waals surface area contributed by atoms with Crippen molar-refractivity contribution in [3.05, 3.63) is 36.0 Å². The minimum absolute atomic E-state index is 0.707. The average molecular weight is 214 g/mol. The number of hydrogen-bond acceptors (Lipinski definition) is 1. The van der Waals surface area contributed by atoms with E-state index in [4.69, 9.17) is 0 Å². The highest BCUT2D eigenvalue weighted by Gasteiger charge is 2.15. The minimum atomic E-state index is 0.707. The zero-order valence-corrected chi connectivity index (χ0v) is 9.74. The Bertz CT molecular complexity index is 492. The molecule has 0 saturated carbocycles. The first-order valence-electron chi connectivity index (χ1n) is 6.10. The topological polar surface area (TPSA) is 17.0 Å². The summed E-state index contributed by atoms with van der Waals surface area (Å²) in [4.78, 5) is 0. The zero-order chi connectivity index (χ0) is 11.0. The first-order valence-corrected chi connectivity index (χ1v) is 6.10. The lowest BCUT2D eigenvalue weighted by molar-refractivity contribution is 0.462. The van der Waals surface area contributed by atoms with Crippen molar-refractivity contribution >= 4 is 10.9 Å². The predicted octanol–water partition coefficient (Wildman–Crippen LogP) is 2.65. The molecule has 0 bridgehead atoms. The molecule has 16 heavy (non-hydrogen) atoms. The normalized spacial score (nSPS) is 21.4. The van der Waals surface area contributed by atoms with Gasteiger partial charge in [0.05, 0.1) is 0 Å². The third kappa shape index (κ3) is 1.63. The van der Waals surface area contributed by atoms with Gasteiger partial charge in [0.2, 0.25) is 0 Å². The highest BCUT2D eigenvalue weighted by atomic mass is 14.9. The molecule has 1 saturated heterocycles. The maximum atomic E-state index is 3.48. The van der Waals surface area contributed by atoms with Crippen LogP contribution in [0.1, 0.15) is 24.3 Å². The molecule has 2 nitrogen and oxygen atoms in total. The molecule has 1 aromatic carbocycles. The maximum Gasteiger partial charge on any atom is 0.0477 e. The summed E-state index contributed by atoms with van der Waals surface area (Å²) in [5.41, 5.74) is 2.82. The smallest absolute Gasteiger partial charge is 0.0477 e. The number of nitrogens with zero attached hydrogens (tertiary/aromatic N) is 1. The molecule has 1 fully saturated rings. The molecule has 0 amide bonds. The van der Waals surface area contributed by atoms with Crippen LogP contribution in [-0.2, 0) is 7.05 Å².